The van der Waals surface area contributed by atoms with Crippen LogP contribution in [0.2, 0.25) is 5.02 Å². The lowest BCUT2D eigenvalue weighted by Crippen LogP contribution is -2.55. The lowest BCUT2D eigenvalue weighted by atomic mass is 9.79. The van der Waals surface area contributed by atoms with E-state index >= 15 is 0 Å². The third kappa shape index (κ3) is 1.90. The first kappa shape index (κ1) is 14.2. The number of anilines is 2. The zero-order valence-corrected chi connectivity index (χ0v) is 11.7. The van der Waals surface area contributed by atoms with Crippen LogP contribution in [0.5, 0.6) is 0 Å². The molecule has 0 spiro atoms. The lowest BCUT2D eigenvalue weighted by molar-refractivity contribution is -0.185. The molecule has 7 heteroatoms. The van der Waals surface area contributed by atoms with Crippen LogP contribution in [0.25, 0.3) is 0 Å². The van der Waals surface area contributed by atoms with E-state index < -0.39 is 11.7 Å². The largest absolute Gasteiger partial charge is 0.415 e. The fraction of sp³-hybridized carbons (Fsp3) is 0.214. The van der Waals surface area contributed by atoms with Gasteiger partial charge in [0, 0.05) is 28.0 Å². The standard InChI is InChI=1S/C14H11ClF3N3/c1-19-13(14(16,17)18)9-3-2-6-20-12(9)21-11-5-4-8(15)7-10(11)13/h2-7,19H,1H3,(H,20,21). The first-order chi connectivity index (χ1) is 9.90. The quantitative estimate of drug-likeness (QED) is 0.840. The highest BCUT2D eigenvalue weighted by molar-refractivity contribution is 6.30. The van der Waals surface area contributed by atoms with Crippen LogP contribution in [-0.4, -0.2) is 18.2 Å². The summed E-state index contributed by atoms with van der Waals surface area (Å²) in [5.74, 6) is 0.180. The zero-order valence-electron chi connectivity index (χ0n) is 10.9. The van der Waals surface area contributed by atoms with Gasteiger partial charge in [0.15, 0.2) is 5.54 Å². The van der Waals surface area contributed by atoms with Gasteiger partial charge in [0.1, 0.15) is 5.82 Å². The van der Waals surface area contributed by atoms with Crippen molar-refractivity contribution in [3.63, 3.8) is 0 Å². The summed E-state index contributed by atoms with van der Waals surface area (Å²) in [5.41, 5.74) is -1.96. The maximum atomic E-state index is 13.9. The Balaban J connectivity index is 2.39. The van der Waals surface area contributed by atoms with E-state index in [4.69, 9.17) is 11.6 Å². The molecular weight excluding hydrogens is 303 g/mol. The first-order valence-corrected chi connectivity index (χ1v) is 6.56. The Hall–Kier alpha value is -1.79. The topological polar surface area (TPSA) is 37.0 Å². The summed E-state index contributed by atoms with van der Waals surface area (Å²) in [6.45, 7) is 0. The summed E-state index contributed by atoms with van der Waals surface area (Å²) in [6, 6.07) is 7.27. The lowest BCUT2D eigenvalue weighted by Gasteiger charge is -2.41. The average molecular weight is 314 g/mol. The Kier molecular flexibility index (Phi) is 3.11. The monoisotopic (exact) mass is 313 g/mol. The van der Waals surface area contributed by atoms with E-state index in [-0.39, 0.29) is 22.0 Å². The van der Waals surface area contributed by atoms with E-state index in [1.54, 1.807) is 0 Å². The Morgan fingerprint density at radius 2 is 2.00 bits per heavy atom. The van der Waals surface area contributed by atoms with Crippen LogP contribution in [0, 0.1) is 0 Å². The highest BCUT2D eigenvalue weighted by Crippen LogP contribution is 2.52. The van der Waals surface area contributed by atoms with Crippen LogP contribution in [0.1, 0.15) is 11.1 Å². The molecule has 0 aliphatic carbocycles. The number of rotatable bonds is 1. The zero-order chi connectivity index (χ0) is 15.3. The molecule has 3 nitrogen and oxygen atoms in total. The van der Waals surface area contributed by atoms with Crippen molar-refractivity contribution in [3.05, 3.63) is 52.7 Å². The van der Waals surface area contributed by atoms with Gasteiger partial charge < -0.3 is 5.32 Å². The van der Waals surface area contributed by atoms with E-state index in [2.05, 4.69) is 15.6 Å². The Morgan fingerprint density at radius 3 is 2.67 bits per heavy atom. The summed E-state index contributed by atoms with van der Waals surface area (Å²) in [7, 11) is 1.28. The second-order valence-electron chi connectivity index (χ2n) is 4.71. The van der Waals surface area contributed by atoms with Gasteiger partial charge in [0.05, 0.1) is 0 Å². The molecule has 3 rings (SSSR count). The SMILES string of the molecule is CNC1(C(F)(F)F)c2cc(Cl)ccc2Nc2ncccc21. The molecule has 0 radical (unpaired) electrons. The molecule has 2 aromatic rings. The van der Waals surface area contributed by atoms with Gasteiger partial charge in [-0.1, -0.05) is 17.7 Å². The van der Waals surface area contributed by atoms with Crippen LogP contribution >= 0.6 is 11.6 Å². The predicted octanol–water partition coefficient (Wildman–Crippen LogP) is 3.82. The molecule has 1 aromatic carbocycles. The number of hydrogen-bond acceptors (Lipinski definition) is 3. The summed E-state index contributed by atoms with van der Waals surface area (Å²) in [4.78, 5) is 4.01. The number of halogens is 4. The molecule has 0 saturated heterocycles. The number of fused-ring (bicyclic) bond motifs is 2. The summed E-state index contributed by atoms with van der Waals surface area (Å²) in [6.07, 6.45) is -3.11. The van der Waals surface area contributed by atoms with E-state index in [0.717, 1.165) is 0 Å². The second kappa shape index (κ2) is 4.61. The Bertz CT molecular complexity index is 702. The minimum atomic E-state index is -4.55. The number of hydrogen-bond donors (Lipinski definition) is 2. The fourth-order valence-electron chi connectivity index (χ4n) is 2.73. The number of benzene rings is 1. The summed E-state index contributed by atoms with van der Waals surface area (Å²) >= 11 is 5.90. The molecule has 2 N–H and O–H groups in total. The van der Waals surface area contributed by atoms with Crippen molar-refractivity contribution in [1.82, 2.24) is 10.3 Å². The normalized spacial score (nSPS) is 20.4. The van der Waals surface area contributed by atoms with E-state index in [1.807, 2.05) is 0 Å². The van der Waals surface area contributed by atoms with Crippen LogP contribution in [0.3, 0.4) is 0 Å². The van der Waals surface area contributed by atoms with Gasteiger partial charge in [-0.25, -0.2) is 4.98 Å². The molecule has 2 heterocycles. The van der Waals surface area contributed by atoms with E-state index in [1.165, 1.54) is 43.6 Å². The summed E-state index contributed by atoms with van der Waals surface area (Å²) in [5, 5.41) is 5.59. The molecule has 1 atom stereocenters. The third-order valence-electron chi connectivity index (χ3n) is 3.65. The molecule has 1 aliphatic heterocycles. The first-order valence-electron chi connectivity index (χ1n) is 6.18. The number of pyridine rings is 1. The summed E-state index contributed by atoms with van der Waals surface area (Å²) < 4.78 is 41.8. The molecule has 21 heavy (non-hydrogen) atoms. The Labute approximate surface area is 124 Å². The maximum Gasteiger partial charge on any atom is 0.415 e. The van der Waals surface area contributed by atoms with Crippen molar-refractivity contribution >= 4 is 23.1 Å². The van der Waals surface area contributed by atoms with Crippen molar-refractivity contribution in [1.29, 1.82) is 0 Å². The molecule has 1 aromatic heterocycles. The molecule has 110 valence electrons. The highest BCUT2D eigenvalue weighted by atomic mass is 35.5. The smallest absolute Gasteiger partial charge is 0.340 e. The minimum absolute atomic E-state index is 0.0229. The van der Waals surface area contributed by atoms with Gasteiger partial charge in [-0.2, -0.15) is 13.2 Å². The molecule has 1 unspecified atom stereocenters. The van der Waals surface area contributed by atoms with E-state index in [9.17, 15) is 13.2 Å². The molecule has 1 aliphatic rings. The fourth-order valence-corrected chi connectivity index (χ4v) is 2.90. The molecule has 0 saturated carbocycles. The molecule has 0 fully saturated rings. The van der Waals surface area contributed by atoms with Crippen molar-refractivity contribution in [2.24, 2.45) is 0 Å². The molecule has 0 bridgehead atoms. The maximum absolute atomic E-state index is 13.9. The van der Waals surface area contributed by atoms with Crippen LogP contribution < -0.4 is 10.6 Å². The highest BCUT2D eigenvalue weighted by Gasteiger charge is 2.60. The number of nitrogens with one attached hydrogen (secondary N) is 2. The van der Waals surface area contributed by atoms with Gasteiger partial charge in [-0.05, 0) is 31.3 Å². The van der Waals surface area contributed by atoms with Crippen molar-refractivity contribution < 1.29 is 13.2 Å². The number of alkyl halides is 3. The van der Waals surface area contributed by atoms with Gasteiger partial charge >= 0.3 is 6.18 Å². The van der Waals surface area contributed by atoms with Crippen LogP contribution in [-0.2, 0) is 5.54 Å². The van der Waals surface area contributed by atoms with Gasteiger partial charge in [-0.15, -0.1) is 0 Å². The van der Waals surface area contributed by atoms with Crippen LogP contribution in [0.15, 0.2) is 36.5 Å². The van der Waals surface area contributed by atoms with Crippen LogP contribution in [0.4, 0.5) is 24.7 Å². The van der Waals surface area contributed by atoms with Crippen molar-refractivity contribution in [2.45, 2.75) is 11.7 Å². The molecule has 0 amide bonds. The second-order valence-corrected chi connectivity index (χ2v) is 5.15. The number of aromatic nitrogens is 1. The van der Waals surface area contributed by atoms with Crippen molar-refractivity contribution in [3.8, 4) is 0 Å². The number of nitrogens with zero attached hydrogens (tertiary/aromatic N) is 1. The van der Waals surface area contributed by atoms with Gasteiger partial charge in [0.25, 0.3) is 0 Å². The average Bonchev–Trinajstić information content (AvgIpc) is 2.43. The van der Waals surface area contributed by atoms with Gasteiger partial charge in [0.2, 0.25) is 0 Å². The van der Waals surface area contributed by atoms with Gasteiger partial charge in [-0.3, -0.25) is 5.32 Å². The Morgan fingerprint density at radius 1 is 1.24 bits per heavy atom. The molecular formula is C14H11ClF3N3. The minimum Gasteiger partial charge on any atom is -0.340 e. The van der Waals surface area contributed by atoms with E-state index in [0.29, 0.717) is 5.69 Å². The predicted molar refractivity (Wildman–Crippen MR) is 74.9 cm³/mol. The van der Waals surface area contributed by atoms with Crippen molar-refractivity contribution in [2.75, 3.05) is 12.4 Å². The third-order valence-corrected chi connectivity index (χ3v) is 3.89.